The summed E-state index contributed by atoms with van der Waals surface area (Å²) in [6.45, 7) is 0. The quantitative estimate of drug-likeness (QED) is 0.443. The second-order valence-corrected chi connectivity index (χ2v) is 1.82. The summed E-state index contributed by atoms with van der Waals surface area (Å²) >= 11 is 0. The zero-order chi connectivity index (χ0) is 5.11. The number of hydrogen-bond donors (Lipinski definition) is 0. The van der Waals surface area contributed by atoms with Gasteiger partial charge in [-0.15, -0.1) is 0 Å². The van der Waals surface area contributed by atoms with E-state index in [0.29, 0.717) is 12.2 Å². The van der Waals surface area contributed by atoms with E-state index >= 15 is 0 Å². The lowest BCUT2D eigenvalue weighted by Crippen LogP contribution is -2.03. The van der Waals surface area contributed by atoms with Gasteiger partial charge < -0.3 is 0 Å². The molecule has 0 bridgehead atoms. The van der Waals surface area contributed by atoms with Crippen LogP contribution in [0.25, 0.3) is 0 Å². The Balaban J connectivity index is 2.25. The van der Waals surface area contributed by atoms with Crippen molar-refractivity contribution in [2.45, 2.75) is 25.7 Å². The van der Waals surface area contributed by atoms with E-state index in [-0.39, 0.29) is 0 Å². The fraction of sp³-hybridized carbons (Fsp3) is 0.667. The van der Waals surface area contributed by atoms with Crippen molar-refractivity contribution in [3.8, 4) is 0 Å². The third-order valence-electron chi connectivity index (χ3n) is 1.13. The van der Waals surface area contributed by atoms with Gasteiger partial charge in [0.2, 0.25) is 0 Å². The second kappa shape index (κ2) is 2.10. The van der Waals surface area contributed by atoms with Gasteiger partial charge in [-0.2, -0.15) is 0 Å². The highest BCUT2D eigenvalue weighted by Crippen LogP contribution is 2.11. The molecule has 1 aliphatic rings. The molecule has 0 heterocycles. The van der Waals surface area contributed by atoms with Crippen LogP contribution in [0.5, 0.6) is 0 Å². The van der Waals surface area contributed by atoms with Gasteiger partial charge in [0.15, 0.2) is 0 Å². The van der Waals surface area contributed by atoms with E-state index in [1.165, 1.54) is 0 Å². The number of carbonyl (C=O) groups excluding carboxylic acids is 1. The minimum atomic E-state index is 0.353. The van der Waals surface area contributed by atoms with Gasteiger partial charge in [-0.3, -0.25) is 4.79 Å². The molecule has 0 aliphatic heterocycles. The number of carbonyl (C=O) groups is 1. The number of rotatable bonds is 0. The average molecular weight is 96.1 g/mol. The van der Waals surface area contributed by atoms with Gasteiger partial charge in [-0.05, 0) is 19.3 Å². The van der Waals surface area contributed by atoms with Crippen LogP contribution in [0.2, 0.25) is 0 Å². The van der Waals surface area contributed by atoms with E-state index in [0.717, 1.165) is 19.3 Å². The van der Waals surface area contributed by atoms with Gasteiger partial charge in [0.05, 0.1) is 0 Å². The highest BCUT2D eigenvalue weighted by molar-refractivity contribution is 5.80. The number of hydrogen-bond acceptors (Lipinski definition) is 1. The molecule has 2 radical (unpaired) electrons. The molecule has 0 N–H and O–H groups in total. The van der Waals surface area contributed by atoms with E-state index in [4.69, 9.17) is 0 Å². The zero-order valence-corrected chi connectivity index (χ0v) is 4.24. The molecular formula is C6H8O. The van der Waals surface area contributed by atoms with Crippen LogP contribution >= 0.6 is 0 Å². The molecule has 1 rings (SSSR count). The summed E-state index contributed by atoms with van der Waals surface area (Å²) in [5.41, 5.74) is 0. The summed E-state index contributed by atoms with van der Waals surface area (Å²) in [6, 6.07) is 0. The van der Waals surface area contributed by atoms with Crippen LogP contribution in [0, 0.1) is 6.42 Å². The Morgan fingerprint density at radius 1 is 1.57 bits per heavy atom. The molecule has 0 aromatic rings. The van der Waals surface area contributed by atoms with Crippen molar-refractivity contribution in [2.75, 3.05) is 0 Å². The Morgan fingerprint density at radius 3 is 2.71 bits per heavy atom. The van der Waals surface area contributed by atoms with Crippen LogP contribution in [0.1, 0.15) is 25.7 Å². The first kappa shape index (κ1) is 4.82. The summed E-state index contributed by atoms with van der Waals surface area (Å²) in [4.78, 5) is 10.4. The predicted octanol–water partition coefficient (Wildman–Crippen LogP) is 1.21. The molecular weight excluding hydrogens is 88.1 g/mol. The maximum Gasteiger partial charge on any atom is 0.133 e. The molecule has 1 saturated carbocycles. The molecule has 0 unspecified atom stereocenters. The Kier molecular flexibility index (Phi) is 1.45. The molecule has 0 aromatic heterocycles. The van der Waals surface area contributed by atoms with Crippen LogP contribution in [0.4, 0.5) is 0 Å². The summed E-state index contributed by atoms with van der Waals surface area (Å²) < 4.78 is 0. The van der Waals surface area contributed by atoms with E-state index in [9.17, 15) is 4.79 Å². The molecule has 1 aliphatic carbocycles. The van der Waals surface area contributed by atoms with Crippen molar-refractivity contribution in [3.05, 3.63) is 6.42 Å². The van der Waals surface area contributed by atoms with Gasteiger partial charge >= 0.3 is 0 Å². The van der Waals surface area contributed by atoms with E-state index in [2.05, 4.69) is 6.42 Å². The number of Topliss-reactive ketones (excluding diaryl/α,β-unsaturated/α-hetero) is 1. The minimum Gasteiger partial charge on any atom is -0.300 e. The fourth-order valence-corrected chi connectivity index (χ4v) is 0.727. The highest BCUT2D eigenvalue weighted by Gasteiger charge is 2.06. The maximum atomic E-state index is 10.4. The largest absolute Gasteiger partial charge is 0.300 e. The predicted molar refractivity (Wildman–Crippen MR) is 26.7 cm³/mol. The molecule has 1 heteroatoms. The smallest absolute Gasteiger partial charge is 0.133 e. The van der Waals surface area contributed by atoms with E-state index < -0.39 is 0 Å². The molecule has 0 amide bonds. The van der Waals surface area contributed by atoms with E-state index in [1.807, 2.05) is 0 Å². The van der Waals surface area contributed by atoms with Crippen LogP contribution in [-0.2, 0) is 4.79 Å². The molecule has 0 aromatic carbocycles. The monoisotopic (exact) mass is 96.1 g/mol. The second-order valence-electron chi connectivity index (χ2n) is 1.82. The van der Waals surface area contributed by atoms with Gasteiger partial charge in [-0.1, -0.05) is 0 Å². The molecule has 7 heavy (non-hydrogen) atoms. The first-order valence-corrected chi connectivity index (χ1v) is 2.62. The zero-order valence-electron chi connectivity index (χ0n) is 4.24. The third kappa shape index (κ3) is 1.30. The molecule has 0 spiro atoms. The standard InChI is InChI=1S/C6H8O/c7-6-4-2-1-3-5-6/h1-2,4-5H2. The van der Waals surface area contributed by atoms with Crippen molar-refractivity contribution >= 4 is 5.78 Å². The normalized spacial score (nSPS) is 22.6. The first-order chi connectivity index (χ1) is 3.39. The Hall–Kier alpha value is -0.330. The van der Waals surface area contributed by atoms with Crippen LogP contribution in [-0.4, -0.2) is 5.78 Å². The van der Waals surface area contributed by atoms with Crippen LogP contribution < -0.4 is 0 Å². The summed E-state index contributed by atoms with van der Waals surface area (Å²) in [7, 11) is 0. The summed E-state index contributed by atoms with van der Waals surface area (Å²) in [6.07, 6.45) is 6.41. The lowest BCUT2D eigenvalue weighted by molar-refractivity contribution is -0.119. The Labute approximate surface area is 43.7 Å². The fourth-order valence-electron chi connectivity index (χ4n) is 0.727. The SMILES string of the molecule is O=C1C[C]CCC1. The lowest BCUT2D eigenvalue weighted by Gasteiger charge is -2.04. The van der Waals surface area contributed by atoms with E-state index in [1.54, 1.807) is 0 Å². The lowest BCUT2D eigenvalue weighted by atomic mass is 10.00. The summed E-state index contributed by atoms with van der Waals surface area (Å²) in [5, 5.41) is 0. The molecule has 1 nitrogen and oxygen atoms in total. The first-order valence-electron chi connectivity index (χ1n) is 2.62. The van der Waals surface area contributed by atoms with Crippen LogP contribution in [0.3, 0.4) is 0 Å². The van der Waals surface area contributed by atoms with Crippen molar-refractivity contribution in [1.29, 1.82) is 0 Å². The Bertz CT molecular complexity index is 68.2. The molecule has 38 valence electrons. The topological polar surface area (TPSA) is 17.1 Å². The maximum absolute atomic E-state index is 10.4. The van der Waals surface area contributed by atoms with Crippen molar-refractivity contribution in [3.63, 3.8) is 0 Å². The highest BCUT2D eigenvalue weighted by atomic mass is 16.1. The summed E-state index contributed by atoms with van der Waals surface area (Å²) in [5.74, 6) is 0.353. The minimum absolute atomic E-state index is 0.353. The van der Waals surface area contributed by atoms with Crippen molar-refractivity contribution in [1.82, 2.24) is 0 Å². The third-order valence-corrected chi connectivity index (χ3v) is 1.13. The van der Waals surface area contributed by atoms with Gasteiger partial charge in [0.1, 0.15) is 5.78 Å². The van der Waals surface area contributed by atoms with Gasteiger partial charge in [0, 0.05) is 12.8 Å². The van der Waals surface area contributed by atoms with Gasteiger partial charge in [-0.25, -0.2) is 0 Å². The Morgan fingerprint density at radius 2 is 2.43 bits per heavy atom. The van der Waals surface area contributed by atoms with Crippen molar-refractivity contribution < 1.29 is 4.79 Å². The molecule has 1 fully saturated rings. The average Bonchev–Trinajstić information content (AvgIpc) is 1.69. The van der Waals surface area contributed by atoms with Crippen LogP contribution in [0.15, 0.2) is 0 Å². The molecule has 0 atom stereocenters. The van der Waals surface area contributed by atoms with Crippen molar-refractivity contribution in [2.24, 2.45) is 0 Å². The number of ketones is 1. The molecule has 0 saturated heterocycles. The van der Waals surface area contributed by atoms with Gasteiger partial charge in [0.25, 0.3) is 0 Å².